The summed E-state index contributed by atoms with van der Waals surface area (Å²) >= 11 is -6.90. The Morgan fingerprint density at radius 2 is 0.228 bits per heavy atom. The fraction of sp³-hybridized carbons (Fsp3) is 0.333. The molecule has 0 saturated heterocycles. The second-order valence-corrected chi connectivity index (χ2v) is 49.6. The predicted molar refractivity (Wildman–Crippen MR) is 639 cm³/mol. The zero-order chi connectivity index (χ0) is 107. The van der Waals surface area contributed by atoms with Gasteiger partial charge in [-0.15, -0.1) is 0 Å². The van der Waals surface area contributed by atoms with Crippen LogP contribution < -0.4 is 13.3 Å². The van der Waals surface area contributed by atoms with Crippen molar-refractivity contribution in [2.45, 2.75) is 316 Å². The zero-order valence-electron chi connectivity index (χ0n) is 95.4. The molecule has 0 aromatic heterocycles. The summed E-state index contributed by atoms with van der Waals surface area (Å²) in [6, 6.07) is 121. The number of hydrogen-bond donors (Lipinski definition) is 0. The minimum atomic E-state index is -6.90. The molecule has 0 amide bonds. The average molecular weight is 2010 g/mol. The van der Waals surface area contributed by atoms with Crippen LogP contribution in [-0.2, 0) is 18.1 Å². The molecule has 0 radical (unpaired) electrons. The number of hydrogen-bond acceptors (Lipinski definition) is 4. The molecule has 0 aliphatic heterocycles. The quantitative estimate of drug-likeness (QED) is 0.0367. The van der Waals surface area contributed by atoms with E-state index in [1.165, 1.54) is 89.0 Å². The molecule has 0 fully saturated rings. The van der Waals surface area contributed by atoms with E-state index in [1.807, 2.05) is 0 Å². The van der Waals surface area contributed by atoms with Gasteiger partial charge in [-0.2, -0.15) is 0 Å². The Morgan fingerprint density at radius 1 is 0.121 bits per heavy atom. The van der Waals surface area contributed by atoms with Gasteiger partial charge in [-0.05, 0) is 0 Å². The molecule has 0 aliphatic carbocycles. The summed E-state index contributed by atoms with van der Waals surface area (Å²) < 4.78 is 39.1. The van der Waals surface area contributed by atoms with Gasteiger partial charge in [0.1, 0.15) is 0 Å². The SMILES string of the molecule is CC(C)c1ccccc1-c1cc([O][Ti]([O]c2cc(-c3ccccc3C(C)C)c(-c3ccccc3C(C)C)c(-c3ccccc3C(C)C)c2C(C)C)([O]c2cc(-c3ccccc3C(C)C)c(-c3ccccc3C(C)C)c(-c3ccccc3C(C)C)c2C(C)C)[O]c2cc(-c3ccccc3C(C)C)c(-c3ccccc3C(C)C)c(-c3ccccc3C(C)C)c2C(C)C)c(C(C)C)c(-c2ccccc2C(C)C)c1-c1ccccc1C(C)C. The molecule has 4 nitrogen and oxygen atoms in total. The van der Waals surface area contributed by atoms with Crippen molar-refractivity contribution in [3.8, 4) is 157 Å². The van der Waals surface area contributed by atoms with Crippen LogP contribution in [0.2, 0.25) is 0 Å². The van der Waals surface area contributed by atoms with Crippen LogP contribution in [0.15, 0.2) is 315 Å². The summed E-state index contributed by atoms with van der Waals surface area (Å²) in [5, 5.41) is 0. The van der Waals surface area contributed by atoms with E-state index in [-0.39, 0.29) is 94.7 Å². The van der Waals surface area contributed by atoms with Gasteiger partial charge in [-0.3, -0.25) is 0 Å². The summed E-state index contributed by atoms with van der Waals surface area (Å²) in [7, 11) is 0. The van der Waals surface area contributed by atoms with Crippen LogP contribution in [0, 0.1) is 0 Å². The van der Waals surface area contributed by atoms with E-state index in [2.05, 4.69) is 537 Å². The third-order valence-electron chi connectivity index (χ3n) is 30.9. The zero-order valence-corrected chi connectivity index (χ0v) is 97.0. The van der Waals surface area contributed by atoms with Crippen molar-refractivity contribution in [2.24, 2.45) is 0 Å². The van der Waals surface area contributed by atoms with E-state index in [1.54, 1.807) is 0 Å². The van der Waals surface area contributed by atoms with Gasteiger partial charge in [-0.1, -0.05) is 0 Å². The van der Waals surface area contributed by atoms with Crippen molar-refractivity contribution < 1.29 is 31.4 Å². The van der Waals surface area contributed by atoms with Gasteiger partial charge in [0, 0.05) is 0 Å². The summed E-state index contributed by atoms with van der Waals surface area (Å²) in [5.41, 5.74) is 45.7. The maximum atomic E-state index is 9.77. The molecular formula is C144H164O4Ti. The van der Waals surface area contributed by atoms with Crippen LogP contribution in [0.25, 0.3) is 134 Å². The Morgan fingerprint density at radius 3 is 0.349 bits per heavy atom. The van der Waals surface area contributed by atoms with E-state index in [0.717, 1.165) is 134 Å². The van der Waals surface area contributed by atoms with Crippen molar-refractivity contribution in [1.82, 2.24) is 0 Å². The summed E-state index contributed by atoms with van der Waals surface area (Å²) in [4.78, 5) is 0. The molecule has 0 unspecified atom stereocenters. The van der Waals surface area contributed by atoms with Crippen molar-refractivity contribution >= 4 is 0 Å². The van der Waals surface area contributed by atoms with Crippen LogP contribution in [0.1, 0.15) is 405 Å². The fourth-order valence-electron chi connectivity index (χ4n) is 23.9. The second-order valence-electron chi connectivity index (χ2n) is 46.8. The monoisotopic (exact) mass is 2010 g/mol. The first kappa shape index (κ1) is 109. The second kappa shape index (κ2) is 46.5. The predicted octanol–water partition coefficient (Wildman–Crippen LogP) is 44.1. The average Bonchev–Trinajstić information content (AvgIpc) is 0.711. The third kappa shape index (κ3) is 22.0. The molecule has 0 bridgehead atoms. The standard InChI is InChI=1S/4C36H42O.Ti/c4*1-22(2)26-15-9-12-18-29(26)32-21-33(37)34(25(7)8)36(31-20-14-11-17-28(31)24(5)6)35(32)30-19-13-10-16-27(30)23(3)4;/h4*9-25,37H,1-8H3;/q;;;;+4/p-4. The van der Waals surface area contributed by atoms with Gasteiger partial charge >= 0.3 is 909 Å². The van der Waals surface area contributed by atoms with Crippen molar-refractivity contribution in [1.29, 1.82) is 0 Å². The Kier molecular flexibility index (Phi) is 34.1. The molecule has 5 heteroatoms. The van der Waals surface area contributed by atoms with Gasteiger partial charge in [0.05, 0.1) is 0 Å². The van der Waals surface area contributed by atoms with E-state index in [0.29, 0.717) is 23.0 Å². The van der Waals surface area contributed by atoms with E-state index in [9.17, 15) is 13.3 Å². The molecule has 0 saturated carbocycles. The molecule has 0 N–H and O–H groups in total. The molecule has 16 aromatic carbocycles. The molecule has 16 rings (SSSR count). The van der Waals surface area contributed by atoms with Crippen molar-refractivity contribution in [3.63, 3.8) is 0 Å². The van der Waals surface area contributed by atoms with Gasteiger partial charge in [0.2, 0.25) is 0 Å². The summed E-state index contributed by atoms with van der Waals surface area (Å²) in [6.07, 6.45) is 0. The molecule has 0 atom stereocenters. The van der Waals surface area contributed by atoms with E-state index >= 15 is 0 Å². The Labute approximate surface area is 901 Å². The van der Waals surface area contributed by atoms with Crippen LogP contribution in [0.5, 0.6) is 23.0 Å². The van der Waals surface area contributed by atoms with Gasteiger partial charge in [-0.25, -0.2) is 0 Å². The van der Waals surface area contributed by atoms with E-state index < -0.39 is 18.1 Å². The topological polar surface area (TPSA) is 36.9 Å². The first-order valence-electron chi connectivity index (χ1n) is 56.0. The van der Waals surface area contributed by atoms with Crippen LogP contribution >= 0.6 is 0 Å². The maximum absolute atomic E-state index is 9.77. The van der Waals surface area contributed by atoms with Gasteiger partial charge in [0.25, 0.3) is 0 Å². The molecular weight excluding hydrogens is 1840 g/mol. The summed E-state index contributed by atoms with van der Waals surface area (Å²) in [6.45, 7) is 75.8. The van der Waals surface area contributed by atoms with Crippen LogP contribution in [0.3, 0.4) is 0 Å². The first-order valence-corrected chi connectivity index (χ1v) is 58.5. The van der Waals surface area contributed by atoms with Gasteiger partial charge < -0.3 is 0 Å². The normalized spacial score (nSPS) is 12.2. The summed E-state index contributed by atoms with van der Waals surface area (Å²) in [5.74, 6) is 2.68. The Balaban J connectivity index is 1.27. The molecule has 16 aromatic rings. The number of rotatable bonds is 36. The molecule has 768 valence electrons. The first-order chi connectivity index (χ1) is 71.3. The van der Waals surface area contributed by atoms with Crippen molar-refractivity contribution in [3.05, 3.63) is 404 Å². The molecule has 149 heavy (non-hydrogen) atoms. The van der Waals surface area contributed by atoms with E-state index in [4.69, 9.17) is 0 Å². The van der Waals surface area contributed by atoms with Gasteiger partial charge in [0.15, 0.2) is 0 Å². The number of benzene rings is 16. The van der Waals surface area contributed by atoms with Crippen LogP contribution in [0.4, 0.5) is 0 Å². The molecule has 0 aliphatic rings. The minimum absolute atomic E-state index is 0.0852. The van der Waals surface area contributed by atoms with Crippen LogP contribution in [-0.4, -0.2) is 0 Å². The fourth-order valence-corrected chi connectivity index (χ4v) is 27.0. The third-order valence-corrected chi connectivity index (χ3v) is 33.8. The Hall–Kier alpha value is -12.6. The van der Waals surface area contributed by atoms with Crippen molar-refractivity contribution in [2.75, 3.05) is 0 Å². The molecule has 0 heterocycles. The Bertz CT molecular complexity index is 6610. The molecule has 0 spiro atoms.